The highest BCUT2D eigenvalue weighted by molar-refractivity contribution is 7.92. The third kappa shape index (κ3) is 4.67. The third-order valence-corrected chi connectivity index (χ3v) is 5.44. The number of sulfonamides is 1. The van der Waals surface area contributed by atoms with Crippen LogP contribution in [0, 0.1) is 11.6 Å². The highest BCUT2D eigenvalue weighted by atomic mass is 32.2. The maximum absolute atomic E-state index is 13.8. The summed E-state index contributed by atoms with van der Waals surface area (Å²) in [4.78, 5) is 12.1. The Morgan fingerprint density at radius 1 is 1.17 bits per heavy atom. The van der Waals surface area contributed by atoms with Gasteiger partial charge in [-0.3, -0.25) is 13.5 Å². The molecule has 0 aliphatic heterocycles. The number of benzene rings is 1. The molecule has 2 heterocycles. The van der Waals surface area contributed by atoms with Gasteiger partial charge in [0.05, 0.1) is 5.69 Å². The van der Waals surface area contributed by atoms with Gasteiger partial charge in [0.25, 0.3) is 10.0 Å². The van der Waals surface area contributed by atoms with E-state index in [2.05, 4.69) is 10.2 Å². The van der Waals surface area contributed by atoms with Gasteiger partial charge in [-0.25, -0.2) is 17.2 Å². The Morgan fingerprint density at radius 3 is 2.45 bits per heavy atom. The van der Waals surface area contributed by atoms with Gasteiger partial charge < -0.3 is 4.74 Å². The van der Waals surface area contributed by atoms with E-state index in [9.17, 15) is 22.0 Å². The Hall–Kier alpha value is -3.08. The molecule has 11 heteroatoms. The molecule has 0 aliphatic rings. The highest BCUT2D eigenvalue weighted by Gasteiger charge is 2.30. The summed E-state index contributed by atoms with van der Waals surface area (Å²) in [5.74, 6) is -2.85. The fourth-order valence-corrected chi connectivity index (χ4v) is 3.98. The quantitative estimate of drug-likeness (QED) is 0.585. The van der Waals surface area contributed by atoms with E-state index >= 15 is 0 Å². The topological polar surface area (TPSA) is 93.9 Å². The number of rotatable bonds is 5. The van der Waals surface area contributed by atoms with Gasteiger partial charge in [0.1, 0.15) is 35.0 Å². The van der Waals surface area contributed by atoms with E-state index in [0.717, 1.165) is 12.1 Å². The summed E-state index contributed by atoms with van der Waals surface area (Å²) < 4.78 is 61.1. The molecule has 3 aromatic rings. The standard InChI is InChI=1S/C18H18F2N4O4S/c1-18(2,3)28-17(25)10-24(14-7-12(19)6-13(20)8-14)29(26,27)15-4-5-16-22-21-11-23(16)9-15/h4-9,11H,10H2,1-3H3. The van der Waals surface area contributed by atoms with Crippen LogP contribution in [0.5, 0.6) is 0 Å². The molecule has 0 saturated carbocycles. The number of anilines is 1. The molecule has 0 radical (unpaired) electrons. The number of pyridine rings is 1. The van der Waals surface area contributed by atoms with Crippen molar-refractivity contribution in [1.29, 1.82) is 0 Å². The number of ether oxygens (including phenoxy) is 1. The predicted molar refractivity (Wildman–Crippen MR) is 99.7 cm³/mol. The SMILES string of the molecule is CC(C)(C)OC(=O)CN(c1cc(F)cc(F)c1)S(=O)(=O)c1ccc2nncn2c1. The number of carbonyl (C=O) groups is 1. The van der Waals surface area contributed by atoms with E-state index in [1.807, 2.05) is 0 Å². The molecule has 0 amide bonds. The molecule has 0 fully saturated rings. The van der Waals surface area contributed by atoms with Crippen LogP contribution in [0.4, 0.5) is 14.5 Å². The molecule has 1 aromatic carbocycles. The monoisotopic (exact) mass is 424 g/mol. The largest absolute Gasteiger partial charge is 0.459 e. The van der Waals surface area contributed by atoms with Crippen LogP contribution < -0.4 is 4.31 Å². The van der Waals surface area contributed by atoms with Crippen molar-refractivity contribution in [2.24, 2.45) is 0 Å². The van der Waals surface area contributed by atoms with Crippen LogP contribution >= 0.6 is 0 Å². The summed E-state index contributed by atoms with van der Waals surface area (Å²) in [5, 5.41) is 7.46. The number of hydrogen-bond acceptors (Lipinski definition) is 6. The molecule has 0 saturated heterocycles. The summed E-state index contributed by atoms with van der Waals surface area (Å²) in [7, 11) is -4.38. The number of carbonyl (C=O) groups excluding carboxylic acids is 1. The molecule has 2 aromatic heterocycles. The molecule has 154 valence electrons. The van der Waals surface area contributed by atoms with Crippen LogP contribution in [-0.4, -0.2) is 41.1 Å². The zero-order valence-electron chi connectivity index (χ0n) is 15.8. The number of esters is 1. The Bertz CT molecular complexity index is 1150. The molecule has 29 heavy (non-hydrogen) atoms. The maximum Gasteiger partial charge on any atom is 0.327 e. The minimum Gasteiger partial charge on any atom is -0.459 e. The summed E-state index contributed by atoms with van der Waals surface area (Å²) in [5.41, 5.74) is -0.821. The van der Waals surface area contributed by atoms with Crippen molar-refractivity contribution in [3.05, 3.63) is 54.5 Å². The highest BCUT2D eigenvalue weighted by Crippen LogP contribution is 2.26. The Balaban J connectivity index is 2.08. The first kappa shape index (κ1) is 20.6. The average molecular weight is 424 g/mol. The van der Waals surface area contributed by atoms with Crippen molar-refractivity contribution in [3.63, 3.8) is 0 Å². The zero-order chi connectivity index (χ0) is 21.4. The first-order valence-corrected chi connectivity index (χ1v) is 9.90. The fourth-order valence-electron chi connectivity index (χ4n) is 2.58. The second kappa shape index (κ2) is 7.39. The molecular formula is C18H18F2N4O4S. The number of hydrogen-bond donors (Lipinski definition) is 0. The van der Waals surface area contributed by atoms with Gasteiger partial charge in [-0.05, 0) is 45.0 Å². The van der Waals surface area contributed by atoms with Crippen molar-refractivity contribution < 1.29 is 26.7 Å². The lowest BCUT2D eigenvalue weighted by Crippen LogP contribution is -2.39. The number of halogens is 2. The minimum atomic E-state index is -4.38. The van der Waals surface area contributed by atoms with E-state index in [1.165, 1.54) is 29.1 Å². The van der Waals surface area contributed by atoms with Crippen molar-refractivity contribution >= 4 is 27.3 Å². The first-order chi connectivity index (χ1) is 13.5. The zero-order valence-corrected chi connectivity index (χ0v) is 16.7. The number of aromatic nitrogens is 3. The first-order valence-electron chi connectivity index (χ1n) is 8.46. The third-order valence-electron chi connectivity index (χ3n) is 3.68. The lowest BCUT2D eigenvalue weighted by Gasteiger charge is -2.26. The summed E-state index contributed by atoms with van der Waals surface area (Å²) >= 11 is 0. The lowest BCUT2D eigenvalue weighted by molar-refractivity contribution is -0.152. The lowest BCUT2D eigenvalue weighted by atomic mass is 10.2. The van der Waals surface area contributed by atoms with Gasteiger partial charge in [-0.15, -0.1) is 10.2 Å². The molecule has 3 rings (SSSR count). The van der Waals surface area contributed by atoms with Crippen molar-refractivity contribution in [2.45, 2.75) is 31.3 Å². The minimum absolute atomic E-state index is 0.224. The molecule has 8 nitrogen and oxygen atoms in total. The van der Waals surface area contributed by atoms with Crippen LogP contribution in [0.2, 0.25) is 0 Å². The molecule has 0 atom stereocenters. The van der Waals surface area contributed by atoms with Crippen LogP contribution in [0.25, 0.3) is 5.65 Å². The van der Waals surface area contributed by atoms with Crippen molar-refractivity contribution in [1.82, 2.24) is 14.6 Å². The molecule has 0 bridgehead atoms. The van der Waals surface area contributed by atoms with Gasteiger partial charge in [0.15, 0.2) is 5.65 Å². The van der Waals surface area contributed by atoms with Crippen LogP contribution in [-0.2, 0) is 19.6 Å². The van der Waals surface area contributed by atoms with Crippen molar-refractivity contribution in [2.75, 3.05) is 10.8 Å². The molecule has 0 spiro atoms. The second-order valence-electron chi connectivity index (χ2n) is 7.19. The van der Waals surface area contributed by atoms with Crippen LogP contribution in [0.1, 0.15) is 20.8 Å². The van der Waals surface area contributed by atoms with Crippen LogP contribution in [0.15, 0.2) is 47.8 Å². The predicted octanol–water partition coefficient (Wildman–Crippen LogP) is 2.54. The van der Waals surface area contributed by atoms with E-state index in [-0.39, 0.29) is 10.6 Å². The van der Waals surface area contributed by atoms with Gasteiger partial charge in [-0.1, -0.05) is 0 Å². The maximum atomic E-state index is 13.8. The molecule has 0 aliphatic carbocycles. The Kier molecular flexibility index (Phi) is 5.26. The van der Waals surface area contributed by atoms with E-state index in [4.69, 9.17) is 4.74 Å². The normalized spacial score (nSPS) is 12.2. The summed E-state index contributed by atoms with van der Waals surface area (Å²) in [6.45, 7) is 4.07. The van der Waals surface area contributed by atoms with Gasteiger partial charge in [0.2, 0.25) is 0 Å². The van der Waals surface area contributed by atoms with Crippen molar-refractivity contribution in [3.8, 4) is 0 Å². The Labute approximate surface area is 165 Å². The molecule has 0 N–H and O–H groups in total. The smallest absolute Gasteiger partial charge is 0.327 e. The van der Waals surface area contributed by atoms with E-state index < -0.39 is 39.8 Å². The Morgan fingerprint density at radius 2 is 1.83 bits per heavy atom. The average Bonchev–Trinajstić information content (AvgIpc) is 3.04. The van der Waals surface area contributed by atoms with Gasteiger partial charge in [-0.2, -0.15) is 0 Å². The van der Waals surface area contributed by atoms with Gasteiger partial charge in [0, 0.05) is 12.3 Å². The van der Waals surface area contributed by atoms with E-state index in [1.54, 1.807) is 20.8 Å². The molecular weight excluding hydrogens is 406 g/mol. The number of nitrogens with zero attached hydrogens (tertiary/aromatic N) is 4. The van der Waals surface area contributed by atoms with Crippen LogP contribution in [0.3, 0.4) is 0 Å². The number of fused-ring (bicyclic) bond motifs is 1. The summed E-state index contributed by atoms with van der Waals surface area (Å²) in [6, 6.07) is 4.92. The summed E-state index contributed by atoms with van der Waals surface area (Å²) in [6.07, 6.45) is 2.54. The van der Waals surface area contributed by atoms with E-state index in [0.29, 0.717) is 16.0 Å². The fraction of sp³-hybridized carbons (Fsp3) is 0.278. The molecule has 0 unspecified atom stereocenters. The second-order valence-corrected chi connectivity index (χ2v) is 9.05. The van der Waals surface area contributed by atoms with Gasteiger partial charge >= 0.3 is 5.97 Å².